The Morgan fingerprint density at radius 2 is 2.10 bits per heavy atom. The van der Waals surface area contributed by atoms with Gasteiger partial charge in [0.2, 0.25) is 0 Å². The molecule has 3 heteroatoms. The molecule has 3 atom stereocenters. The van der Waals surface area contributed by atoms with Crippen molar-refractivity contribution in [1.29, 1.82) is 0 Å². The van der Waals surface area contributed by atoms with E-state index in [4.69, 9.17) is 4.42 Å². The first-order valence-corrected chi connectivity index (χ1v) is 7.57. The minimum atomic E-state index is -0.148. The molecule has 3 nitrogen and oxygen atoms in total. The monoisotopic (exact) mass is 273 g/mol. The van der Waals surface area contributed by atoms with Crippen LogP contribution in [0.3, 0.4) is 0 Å². The number of fused-ring (bicyclic) bond motifs is 1. The zero-order valence-electron chi connectivity index (χ0n) is 12.2. The maximum Gasteiger partial charge on any atom is 0.134 e. The molecule has 0 spiro atoms. The van der Waals surface area contributed by atoms with Crippen LogP contribution in [0.2, 0.25) is 0 Å². The predicted octanol–water partition coefficient (Wildman–Crippen LogP) is 3.70. The maximum absolute atomic E-state index is 9.77. The van der Waals surface area contributed by atoms with E-state index in [1.807, 2.05) is 18.2 Å². The van der Waals surface area contributed by atoms with Crippen molar-refractivity contribution in [2.24, 2.45) is 0 Å². The molecule has 0 bridgehead atoms. The normalized spacial score (nSPS) is 24.9. The van der Waals surface area contributed by atoms with Crippen LogP contribution in [0.1, 0.15) is 50.0 Å². The van der Waals surface area contributed by atoms with Crippen LogP contribution < -0.4 is 5.32 Å². The maximum atomic E-state index is 9.77. The summed E-state index contributed by atoms with van der Waals surface area (Å²) in [7, 11) is 0. The van der Waals surface area contributed by atoms with E-state index in [9.17, 15) is 5.11 Å². The summed E-state index contributed by atoms with van der Waals surface area (Å²) >= 11 is 0. The van der Waals surface area contributed by atoms with E-state index in [0.717, 1.165) is 37.0 Å². The second kappa shape index (κ2) is 5.58. The predicted molar refractivity (Wildman–Crippen MR) is 80.8 cm³/mol. The third kappa shape index (κ3) is 2.60. The van der Waals surface area contributed by atoms with E-state index in [1.54, 1.807) is 0 Å². The first-order chi connectivity index (χ1) is 9.65. The average Bonchev–Trinajstić information content (AvgIpc) is 2.77. The van der Waals surface area contributed by atoms with Crippen molar-refractivity contribution < 1.29 is 9.52 Å². The minimum Gasteiger partial charge on any atom is -0.459 e. The van der Waals surface area contributed by atoms with E-state index >= 15 is 0 Å². The number of nitrogens with one attached hydrogen (secondary N) is 1. The van der Waals surface area contributed by atoms with Gasteiger partial charge in [0, 0.05) is 11.4 Å². The quantitative estimate of drug-likeness (QED) is 0.896. The summed E-state index contributed by atoms with van der Waals surface area (Å²) in [6.07, 6.45) is 3.88. The Morgan fingerprint density at radius 1 is 1.30 bits per heavy atom. The second-order valence-corrected chi connectivity index (χ2v) is 5.99. The highest BCUT2D eigenvalue weighted by molar-refractivity contribution is 5.82. The standard InChI is InChI=1S/C17H23NO2/c1-11-15-8-3-4-9-16(15)20-17(11)12(2)18-13-6-5-7-14(19)10-13/h3-4,8-9,12-14,18-19H,5-7,10H2,1-2H3. The van der Waals surface area contributed by atoms with Crippen molar-refractivity contribution in [2.75, 3.05) is 0 Å². The fourth-order valence-electron chi connectivity index (χ4n) is 3.35. The molecular weight excluding hydrogens is 250 g/mol. The summed E-state index contributed by atoms with van der Waals surface area (Å²) in [5.41, 5.74) is 2.18. The zero-order valence-corrected chi connectivity index (χ0v) is 12.2. The fraction of sp³-hybridized carbons (Fsp3) is 0.529. The molecular formula is C17H23NO2. The van der Waals surface area contributed by atoms with Crippen LogP contribution in [0.15, 0.2) is 28.7 Å². The van der Waals surface area contributed by atoms with Crippen LogP contribution in [-0.2, 0) is 0 Å². The van der Waals surface area contributed by atoms with Crippen LogP contribution in [0.4, 0.5) is 0 Å². The first kappa shape index (κ1) is 13.7. The molecule has 1 fully saturated rings. The van der Waals surface area contributed by atoms with Gasteiger partial charge in [-0.25, -0.2) is 0 Å². The molecule has 1 aliphatic carbocycles. The molecule has 1 heterocycles. The third-order valence-corrected chi connectivity index (χ3v) is 4.41. The number of aliphatic hydroxyl groups excluding tert-OH is 1. The molecule has 2 aromatic rings. The van der Waals surface area contributed by atoms with Gasteiger partial charge in [0.1, 0.15) is 11.3 Å². The van der Waals surface area contributed by atoms with Gasteiger partial charge >= 0.3 is 0 Å². The summed E-state index contributed by atoms with van der Waals surface area (Å²) < 4.78 is 6.00. The molecule has 0 saturated heterocycles. The highest BCUT2D eigenvalue weighted by Gasteiger charge is 2.24. The van der Waals surface area contributed by atoms with Crippen LogP contribution >= 0.6 is 0 Å². The van der Waals surface area contributed by atoms with E-state index in [0.29, 0.717) is 6.04 Å². The summed E-state index contributed by atoms with van der Waals surface area (Å²) in [5.74, 6) is 1.02. The van der Waals surface area contributed by atoms with Gasteiger partial charge in [-0.15, -0.1) is 0 Å². The first-order valence-electron chi connectivity index (χ1n) is 7.57. The summed E-state index contributed by atoms with van der Waals surface area (Å²) in [6, 6.07) is 8.74. The van der Waals surface area contributed by atoms with Gasteiger partial charge in [0.25, 0.3) is 0 Å². The summed E-state index contributed by atoms with van der Waals surface area (Å²) in [5, 5.41) is 14.6. The number of aryl methyl sites for hydroxylation is 1. The molecule has 2 N–H and O–H groups in total. The number of rotatable bonds is 3. The number of aliphatic hydroxyl groups is 1. The van der Waals surface area contributed by atoms with Crippen LogP contribution in [0.5, 0.6) is 0 Å². The van der Waals surface area contributed by atoms with Crippen molar-refractivity contribution in [3.05, 3.63) is 35.6 Å². The van der Waals surface area contributed by atoms with Gasteiger partial charge < -0.3 is 14.8 Å². The van der Waals surface area contributed by atoms with Crippen LogP contribution in [0, 0.1) is 6.92 Å². The molecule has 1 aliphatic rings. The van der Waals surface area contributed by atoms with Crippen molar-refractivity contribution >= 4 is 11.0 Å². The molecule has 1 aromatic heterocycles. The smallest absolute Gasteiger partial charge is 0.134 e. The molecule has 108 valence electrons. The number of para-hydroxylation sites is 1. The van der Waals surface area contributed by atoms with Crippen LogP contribution in [0.25, 0.3) is 11.0 Å². The number of benzene rings is 1. The lowest BCUT2D eigenvalue weighted by atomic mass is 9.92. The van der Waals surface area contributed by atoms with Crippen molar-refractivity contribution in [3.8, 4) is 0 Å². The van der Waals surface area contributed by atoms with Crippen molar-refractivity contribution in [1.82, 2.24) is 5.32 Å². The lowest BCUT2D eigenvalue weighted by Crippen LogP contribution is -2.37. The highest BCUT2D eigenvalue weighted by Crippen LogP contribution is 2.30. The Bertz CT molecular complexity index is 590. The summed E-state index contributed by atoms with van der Waals surface area (Å²) in [6.45, 7) is 4.26. The van der Waals surface area contributed by atoms with Gasteiger partial charge in [-0.2, -0.15) is 0 Å². The van der Waals surface area contributed by atoms with Gasteiger partial charge in [-0.3, -0.25) is 0 Å². The Kier molecular flexibility index (Phi) is 3.81. The van der Waals surface area contributed by atoms with E-state index in [2.05, 4.69) is 25.2 Å². The lowest BCUT2D eigenvalue weighted by molar-refractivity contribution is 0.108. The molecule has 3 rings (SSSR count). The Hall–Kier alpha value is -1.32. The molecule has 20 heavy (non-hydrogen) atoms. The fourth-order valence-corrected chi connectivity index (χ4v) is 3.35. The average molecular weight is 273 g/mol. The van der Waals surface area contributed by atoms with Gasteiger partial charge in [-0.1, -0.05) is 18.2 Å². The van der Waals surface area contributed by atoms with E-state index < -0.39 is 0 Å². The van der Waals surface area contributed by atoms with Gasteiger partial charge in [0.05, 0.1) is 12.1 Å². The lowest BCUT2D eigenvalue weighted by Gasteiger charge is -2.29. The van der Waals surface area contributed by atoms with Gasteiger partial charge in [0.15, 0.2) is 0 Å². The second-order valence-electron chi connectivity index (χ2n) is 5.99. The van der Waals surface area contributed by atoms with E-state index in [1.165, 1.54) is 10.9 Å². The molecule has 0 aliphatic heterocycles. The largest absolute Gasteiger partial charge is 0.459 e. The Labute approximate surface area is 120 Å². The Morgan fingerprint density at radius 3 is 2.85 bits per heavy atom. The molecule has 0 amide bonds. The molecule has 1 aromatic carbocycles. The third-order valence-electron chi connectivity index (χ3n) is 4.41. The summed E-state index contributed by atoms with van der Waals surface area (Å²) in [4.78, 5) is 0. The highest BCUT2D eigenvalue weighted by atomic mass is 16.3. The molecule has 3 unspecified atom stereocenters. The topological polar surface area (TPSA) is 45.4 Å². The Balaban J connectivity index is 1.78. The number of hydrogen-bond donors (Lipinski definition) is 2. The van der Waals surface area contributed by atoms with Crippen LogP contribution in [-0.4, -0.2) is 17.3 Å². The van der Waals surface area contributed by atoms with E-state index in [-0.39, 0.29) is 12.1 Å². The van der Waals surface area contributed by atoms with Crippen molar-refractivity contribution in [3.63, 3.8) is 0 Å². The minimum absolute atomic E-state index is 0.148. The number of furan rings is 1. The molecule has 0 radical (unpaired) electrons. The number of hydrogen-bond acceptors (Lipinski definition) is 3. The van der Waals surface area contributed by atoms with Crippen molar-refractivity contribution in [2.45, 2.75) is 57.7 Å². The van der Waals surface area contributed by atoms with Gasteiger partial charge in [-0.05, 0) is 51.2 Å². The molecule has 1 saturated carbocycles. The SMILES string of the molecule is Cc1c(C(C)NC2CCCC(O)C2)oc2ccccc12. The zero-order chi connectivity index (χ0) is 14.1.